The number of halogens is 1. The van der Waals surface area contributed by atoms with Crippen LogP contribution in [0.2, 0.25) is 0 Å². The molecule has 196 valence electrons. The van der Waals surface area contributed by atoms with Crippen molar-refractivity contribution in [2.75, 3.05) is 12.8 Å². The van der Waals surface area contributed by atoms with Crippen molar-refractivity contribution in [2.24, 2.45) is 0 Å². The lowest BCUT2D eigenvalue weighted by atomic mass is 9.84. The Bertz CT molecular complexity index is 1670. The fourth-order valence-electron chi connectivity index (χ4n) is 5.90. The second kappa shape index (κ2) is 8.88. The zero-order valence-electron chi connectivity index (χ0n) is 21.6. The topological polar surface area (TPSA) is 99.4 Å². The molecule has 2 aromatic carbocycles. The number of amides is 1. The van der Waals surface area contributed by atoms with Crippen LogP contribution in [-0.4, -0.2) is 23.0 Å². The van der Waals surface area contributed by atoms with E-state index in [4.69, 9.17) is 15.2 Å². The summed E-state index contributed by atoms with van der Waals surface area (Å²) in [7, 11) is 1.46. The molecule has 0 unspecified atom stereocenters. The minimum atomic E-state index is -0.401. The van der Waals surface area contributed by atoms with E-state index in [0.29, 0.717) is 35.0 Å². The summed E-state index contributed by atoms with van der Waals surface area (Å²) in [6.07, 6.45) is 3.25. The highest BCUT2D eigenvalue weighted by atomic mass is 19.1. The van der Waals surface area contributed by atoms with Crippen molar-refractivity contribution >= 4 is 11.7 Å². The van der Waals surface area contributed by atoms with Gasteiger partial charge in [0.25, 0.3) is 5.91 Å². The molecule has 0 radical (unpaired) electrons. The van der Waals surface area contributed by atoms with E-state index in [2.05, 4.69) is 15.3 Å². The summed E-state index contributed by atoms with van der Waals surface area (Å²) >= 11 is 0. The summed E-state index contributed by atoms with van der Waals surface area (Å²) in [6, 6.07) is 14.8. The number of carbonyl (C=O) groups excluding carboxylic acids is 1. The monoisotopic (exact) mass is 522 g/mol. The van der Waals surface area contributed by atoms with Crippen molar-refractivity contribution < 1.29 is 18.7 Å². The van der Waals surface area contributed by atoms with Crippen LogP contribution in [0.3, 0.4) is 0 Å². The minimum absolute atomic E-state index is 0.154. The Kier molecular flexibility index (Phi) is 5.42. The number of hydrogen-bond acceptors (Lipinski definition) is 6. The van der Waals surface area contributed by atoms with E-state index in [0.717, 1.165) is 46.4 Å². The van der Waals surface area contributed by atoms with Crippen LogP contribution in [0.25, 0.3) is 11.1 Å². The maximum Gasteiger partial charge on any atom is 0.251 e. The summed E-state index contributed by atoms with van der Waals surface area (Å²) in [5.74, 6) is 0.694. The first kappa shape index (κ1) is 23.8. The number of rotatable bonds is 6. The Hall–Kier alpha value is -4.30. The predicted octanol–water partition coefficient (Wildman–Crippen LogP) is 5.51. The van der Waals surface area contributed by atoms with Gasteiger partial charge in [0.15, 0.2) is 0 Å². The summed E-state index contributed by atoms with van der Waals surface area (Å²) in [6.45, 7) is 2.34. The van der Waals surface area contributed by atoms with Gasteiger partial charge in [-0.25, -0.2) is 14.4 Å². The van der Waals surface area contributed by atoms with Crippen LogP contribution in [0.4, 0.5) is 10.2 Å². The molecule has 2 aromatic heterocycles. The molecule has 0 spiro atoms. The van der Waals surface area contributed by atoms with Crippen LogP contribution in [0.15, 0.2) is 54.7 Å². The molecular weight excluding hydrogens is 495 g/mol. The van der Waals surface area contributed by atoms with Gasteiger partial charge in [-0.15, -0.1) is 0 Å². The molecule has 7 rings (SSSR count). The van der Waals surface area contributed by atoms with Gasteiger partial charge >= 0.3 is 0 Å². The lowest BCUT2D eigenvalue weighted by Gasteiger charge is -2.18. The van der Waals surface area contributed by atoms with E-state index in [1.54, 1.807) is 0 Å². The van der Waals surface area contributed by atoms with Crippen LogP contribution < -0.4 is 15.8 Å². The Labute approximate surface area is 225 Å². The quantitative estimate of drug-likeness (QED) is 0.346. The molecule has 2 atom stereocenters. The van der Waals surface area contributed by atoms with E-state index in [-0.39, 0.29) is 24.0 Å². The summed E-state index contributed by atoms with van der Waals surface area (Å²) in [5, 5.41) is 3.08. The molecule has 0 saturated heterocycles. The van der Waals surface area contributed by atoms with Crippen LogP contribution in [-0.2, 0) is 11.3 Å². The van der Waals surface area contributed by atoms with Gasteiger partial charge in [0.2, 0.25) is 5.88 Å². The van der Waals surface area contributed by atoms with Crippen LogP contribution >= 0.6 is 0 Å². The number of aromatic nitrogens is 2. The number of aryl methyl sites for hydroxylation is 1. The van der Waals surface area contributed by atoms with E-state index < -0.39 is 5.82 Å². The number of carbonyl (C=O) groups is 1. The van der Waals surface area contributed by atoms with Crippen molar-refractivity contribution in [1.82, 2.24) is 15.3 Å². The fraction of sp³-hybridized carbons (Fsp3) is 0.258. The van der Waals surface area contributed by atoms with Crippen LogP contribution in [0.1, 0.15) is 80.4 Å². The third-order valence-electron chi connectivity index (χ3n) is 8.01. The second-order valence-corrected chi connectivity index (χ2v) is 10.4. The molecule has 2 bridgehead atoms. The van der Waals surface area contributed by atoms with E-state index >= 15 is 0 Å². The Balaban J connectivity index is 1.14. The number of fused-ring (bicyclic) bond motifs is 8. The third-order valence-corrected chi connectivity index (χ3v) is 8.01. The van der Waals surface area contributed by atoms with E-state index in [1.165, 1.54) is 24.9 Å². The number of nitrogens with zero attached hydrogens (tertiary/aromatic N) is 2. The number of hydrogen-bond donors (Lipinski definition) is 2. The van der Waals surface area contributed by atoms with Gasteiger partial charge in [-0.3, -0.25) is 4.79 Å². The highest BCUT2D eigenvalue weighted by Crippen LogP contribution is 2.55. The number of ether oxygens (including phenoxy) is 2. The van der Waals surface area contributed by atoms with Crippen molar-refractivity contribution in [3.8, 4) is 17.0 Å². The normalized spacial score (nSPS) is 18.5. The number of nitrogen functional groups attached to an aromatic ring is 1. The Morgan fingerprint density at radius 3 is 2.54 bits per heavy atom. The molecule has 8 heteroatoms. The summed E-state index contributed by atoms with van der Waals surface area (Å²) < 4.78 is 26.1. The maximum atomic E-state index is 14.7. The molecule has 1 aliphatic carbocycles. The molecule has 1 saturated carbocycles. The highest BCUT2D eigenvalue weighted by molar-refractivity contribution is 5.94. The summed E-state index contributed by atoms with van der Waals surface area (Å²) in [5.41, 5.74) is 14.8. The van der Waals surface area contributed by atoms with Crippen LogP contribution in [0.5, 0.6) is 5.88 Å². The highest BCUT2D eigenvalue weighted by Gasteiger charge is 2.43. The molecule has 39 heavy (non-hydrogen) atoms. The zero-order valence-corrected chi connectivity index (χ0v) is 21.6. The predicted molar refractivity (Wildman–Crippen MR) is 144 cm³/mol. The van der Waals surface area contributed by atoms with Crippen molar-refractivity contribution in [1.29, 1.82) is 0 Å². The zero-order chi connectivity index (χ0) is 26.8. The molecule has 1 fully saturated rings. The molecule has 2 aliphatic heterocycles. The molecule has 1 amide bonds. The van der Waals surface area contributed by atoms with Gasteiger partial charge < -0.3 is 20.5 Å². The smallest absolute Gasteiger partial charge is 0.251 e. The SMILES string of the molecule is COc1cc(F)c(-c2ccc3c(c2)[C@H]2O[C@@H]3c3ccc(C(=O)NCc4c(C5CC5)cc(N)nc4C)cc32)cn1. The molecule has 3 N–H and O–H groups in total. The maximum absolute atomic E-state index is 14.7. The van der Waals surface area contributed by atoms with Crippen molar-refractivity contribution in [2.45, 2.75) is 44.4 Å². The van der Waals surface area contributed by atoms with Gasteiger partial charge in [-0.1, -0.05) is 18.2 Å². The minimum Gasteiger partial charge on any atom is -0.481 e. The number of methoxy groups -OCH3 is 1. The first-order valence-corrected chi connectivity index (χ1v) is 13.1. The number of nitrogens with one attached hydrogen (secondary N) is 1. The molecule has 4 aromatic rings. The van der Waals surface area contributed by atoms with Gasteiger partial charge in [-0.05, 0) is 88.9 Å². The van der Waals surface area contributed by atoms with Crippen LogP contribution in [0, 0.1) is 12.7 Å². The molecule has 4 heterocycles. The Morgan fingerprint density at radius 1 is 1.05 bits per heavy atom. The first-order chi connectivity index (χ1) is 18.9. The van der Waals surface area contributed by atoms with Gasteiger partial charge in [0.1, 0.15) is 23.8 Å². The lowest BCUT2D eigenvalue weighted by molar-refractivity contribution is 0.0857. The number of nitrogens with two attached hydrogens (primary N) is 1. The largest absolute Gasteiger partial charge is 0.481 e. The van der Waals surface area contributed by atoms with Crippen molar-refractivity contribution in [3.05, 3.63) is 105 Å². The standard InChI is InChI=1S/C31H27FN4O3/c1-15-24(21(16-3-4-16)11-27(33)36-15)13-35-31(37)18-6-8-20-23(10-18)30-22-9-17(5-7-19(22)29(20)39-30)25-14-34-28(38-2)12-26(25)32/h5-12,14,16,29-30H,3-4,13H2,1-2H3,(H2,33,36)(H,35,37)/t29-,30+/m0/s1. The molecule has 7 nitrogen and oxygen atoms in total. The van der Waals surface area contributed by atoms with Gasteiger partial charge in [0.05, 0.1) is 7.11 Å². The number of anilines is 1. The Morgan fingerprint density at radius 2 is 1.79 bits per heavy atom. The van der Waals surface area contributed by atoms with E-state index in [1.807, 2.05) is 49.4 Å². The second-order valence-electron chi connectivity index (χ2n) is 10.4. The van der Waals surface area contributed by atoms with Gasteiger partial charge in [0, 0.05) is 35.6 Å². The summed E-state index contributed by atoms with van der Waals surface area (Å²) in [4.78, 5) is 21.8. The lowest BCUT2D eigenvalue weighted by Crippen LogP contribution is -2.24. The third kappa shape index (κ3) is 3.94. The first-order valence-electron chi connectivity index (χ1n) is 13.1. The van der Waals surface area contributed by atoms with Crippen molar-refractivity contribution in [3.63, 3.8) is 0 Å². The van der Waals surface area contributed by atoms with E-state index in [9.17, 15) is 9.18 Å². The molecular formula is C31H27FN4O3. The fourth-order valence-corrected chi connectivity index (χ4v) is 5.90. The average Bonchev–Trinajstić information content (AvgIpc) is 3.63. The number of benzene rings is 2. The molecule has 3 aliphatic rings. The number of pyridine rings is 2. The average molecular weight is 523 g/mol. The van der Waals surface area contributed by atoms with Gasteiger partial charge in [-0.2, -0.15) is 0 Å².